The second-order valence-electron chi connectivity index (χ2n) is 6.51. The van der Waals surface area contributed by atoms with Crippen LogP contribution in [0.15, 0.2) is 36.7 Å². The average Bonchev–Trinajstić information content (AvgIpc) is 3.35. The van der Waals surface area contributed by atoms with Crippen molar-refractivity contribution in [3.05, 3.63) is 42.2 Å². The number of hydrogen-bond acceptors (Lipinski definition) is 6. The Balaban J connectivity index is 1.52. The van der Waals surface area contributed by atoms with Crippen molar-refractivity contribution in [3.63, 3.8) is 0 Å². The summed E-state index contributed by atoms with van der Waals surface area (Å²) < 4.78 is 3.36. The molecule has 9 heteroatoms. The van der Waals surface area contributed by atoms with Gasteiger partial charge in [0.25, 0.3) is 0 Å². The summed E-state index contributed by atoms with van der Waals surface area (Å²) in [5.41, 5.74) is 2.66. The lowest BCUT2D eigenvalue weighted by Gasteiger charge is -2.17. The Bertz CT molecular complexity index is 930. The predicted molar refractivity (Wildman–Crippen MR) is 95.2 cm³/mol. The first kappa shape index (κ1) is 16.4. The molecule has 1 aromatic carbocycles. The van der Waals surface area contributed by atoms with Crippen LogP contribution in [0.5, 0.6) is 0 Å². The van der Waals surface area contributed by atoms with Gasteiger partial charge in [-0.2, -0.15) is 5.10 Å². The first-order valence-corrected chi connectivity index (χ1v) is 8.45. The number of carbonyl (C=O) groups excluding carboxylic acids is 1. The van der Waals surface area contributed by atoms with E-state index in [-0.39, 0.29) is 17.7 Å². The monoisotopic (exact) mass is 352 g/mol. The van der Waals surface area contributed by atoms with Crippen LogP contribution < -0.4 is 10.6 Å². The second-order valence-corrected chi connectivity index (χ2v) is 6.51. The molecule has 26 heavy (non-hydrogen) atoms. The molecule has 2 aromatic heterocycles. The number of tetrazole rings is 1. The number of nitrogens with one attached hydrogen (secondary N) is 2. The molecule has 1 fully saturated rings. The molecule has 1 amide bonds. The van der Waals surface area contributed by atoms with Gasteiger partial charge in [-0.05, 0) is 28.1 Å². The van der Waals surface area contributed by atoms with Gasteiger partial charge < -0.3 is 10.6 Å². The SMILES string of the molecule is Cn1cc([C@H]2CNC[C@@H]2C(=O)Nc2cccc(-c3nnnn3C)c2)cn1. The van der Waals surface area contributed by atoms with Crippen molar-refractivity contribution in [3.8, 4) is 11.4 Å². The number of rotatable bonds is 4. The van der Waals surface area contributed by atoms with Crippen LogP contribution in [0.1, 0.15) is 11.5 Å². The first-order valence-electron chi connectivity index (χ1n) is 8.45. The average molecular weight is 352 g/mol. The molecular formula is C17H20N8O. The molecule has 4 rings (SSSR count). The van der Waals surface area contributed by atoms with Crippen molar-refractivity contribution >= 4 is 11.6 Å². The van der Waals surface area contributed by atoms with Crippen LogP contribution in [0.25, 0.3) is 11.4 Å². The Morgan fingerprint density at radius 1 is 1.31 bits per heavy atom. The normalized spacial score (nSPS) is 19.6. The fourth-order valence-corrected chi connectivity index (χ4v) is 3.38. The van der Waals surface area contributed by atoms with Crippen LogP contribution in [0, 0.1) is 5.92 Å². The molecule has 9 nitrogen and oxygen atoms in total. The minimum Gasteiger partial charge on any atom is -0.326 e. The number of nitrogens with zero attached hydrogens (tertiary/aromatic N) is 6. The predicted octanol–water partition coefficient (Wildman–Crippen LogP) is 0.552. The summed E-state index contributed by atoms with van der Waals surface area (Å²) in [4.78, 5) is 12.8. The molecule has 0 aliphatic carbocycles. The van der Waals surface area contributed by atoms with E-state index >= 15 is 0 Å². The standard InChI is InChI=1S/C17H20N8O/c1-24-10-12(7-19-24)14-8-18-9-15(14)17(26)20-13-5-3-4-11(6-13)16-21-22-23-25(16)2/h3-7,10,14-15,18H,8-9H2,1-2H3,(H,20,26)/t14-,15+/m1/s1. The van der Waals surface area contributed by atoms with Crippen LogP contribution in [-0.4, -0.2) is 49.0 Å². The van der Waals surface area contributed by atoms with Crippen LogP contribution >= 0.6 is 0 Å². The van der Waals surface area contributed by atoms with Gasteiger partial charge in [0, 0.05) is 50.6 Å². The number of hydrogen-bond donors (Lipinski definition) is 2. The highest BCUT2D eigenvalue weighted by Gasteiger charge is 2.34. The molecule has 0 spiro atoms. The lowest BCUT2D eigenvalue weighted by atomic mass is 9.90. The number of aryl methyl sites for hydroxylation is 2. The zero-order chi connectivity index (χ0) is 18.1. The number of amides is 1. The van der Waals surface area contributed by atoms with E-state index < -0.39 is 0 Å². The van der Waals surface area contributed by atoms with E-state index in [0.717, 1.165) is 23.4 Å². The summed E-state index contributed by atoms with van der Waals surface area (Å²) in [6.45, 7) is 1.42. The Labute approximate surface area is 150 Å². The molecule has 134 valence electrons. The van der Waals surface area contributed by atoms with Gasteiger partial charge in [-0.3, -0.25) is 9.48 Å². The van der Waals surface area contributed by atoms with Crippen LogP contribution in [0.3, 0.4) is 0 Å². The summed E-state index contributed by atoms with van der Waals surface area (Å²) >= 11 is 0. The van der Waals surface area contributed by atoms with E-state index in [9.17, 15) is 4.79 Å². The molecule has 2 atom stereocenters. The van der Waals surface area contributed by atoms with Crippen LogP contribution in [0.2, 0.25) is 0 Å². The summed E-state index contributed by atoms with van der Waals surface area (Å²) in [6, 6.07) is 7.54. The van der Waals surface area contributed by atoms with E-state index in [0.29, 0.717) is 12.4 Å². The van der Waals surface area contributed by atoms with Gasteiger partial charge in [0.15, 0.2) is 5.82 Å². The van der Waals surface area contributed by atoms with Crippen LogP contribution in [-0.2, 0) is 18.9 Å². The lowest BCUT2D eigenvalue weighted by molar-refractivity contribution is -0.119. The maximum atomic E-state index is 12.8. The quantitative estimate of drug-likeness (QED) is 0.711. The molecular weight excluding hydrogens is 332 g/mol. The van der Waals surface area contributed by atoms with Gasteiger partial charge in [0.05, 0.1) is 12.1 Å². The first-order chi connectivity index (χ1) is 12.6. The number of anilines is 1. The van der Waals surface area contributed by atoms with Gasteiger partial charge >= 0.3 is 0 Å². The van der Waals surface area contributed by atoms with Crippen molar-refractivity contribution in [1.29, 1.82) is 0 Å². The molecule has 0 radical (unpaired) electrons. The summed E-state index contributed by atoms with van der Waals surface area (Å²) in [7, 11) is 3.66. The van der Waals surface area contributed by atoms with Gasteiger partial charge in [0.2, 0.25) is 5.91 Å². The highest BCUT2D eigenvalue weighted by Crippen LogP contribution is 2.29. The summed E-state index contributed by atoms with van der Waals surface area (Å²) in [5.74, 6) is 0.628. The number of aromatic nitrogens is 6. The Kier molecular flexibility index (Phi) is 4.21. The largest absolute Gasteiger partial charge is 0.326 e. The van der Waals surface area contributed by atoms with E-state index in [2.05, 4.69) is 31.3 Å². The van der Waals surface area contributed by atoms with Crippen LogP contribution in [0.4, 0.5) is 5.69 Å². The summed E-state index contributed by atoms with van der Waals surface area (Å²) in [5, 5.41) is 22.1. The minimum atomic E-state index is -0.139. The van der Waals surface area contributed by atoms with Crippen molar-refractivity contribution in [1.82, 2.24) is 35.3 Å². The molecule has 0 unspecified atom stereocenters. The molecule has 2 N–H and O–H groups in total. The van der Waals surface area contributed by atoms with Crippen molar-refractivity contribution < 1.29 is 4.79 Å². The molecule has 1 aliphatic heterocycles. The number of benzene rings is 1. The molecule has 3 aromatic rings. The smallest absolute Gasteiger partial charge is 0.229 e. The van der Waals surface area contributed by atoms with Gasteiger partial charge in [-0.25, -0.2) is 4.68 Å². The highest BCUT2D eigenvalue weighted by molar-refractivity contribution is 5.94. The molecule has 1 aliphatic rings. The fraction of sp³-hybridized carbons (Fsp3) is 0.353. The maximum absolute atomic E-state index is 12.8. The van der Waals surface area contributed by atoms with E-state index in [1.807, 2.05) is 43.7 Å². The molecule has 0 saturated carbocycles. The fourth-order valence-electron chi connectivity index (χ4n) is 3.38. The van der Waals surface area contributed by atoms with Gasteiger partial charge in [-0.1, -0.05) is 12.1 Å². The van der Waals surface area contributed by atoms with Crippen molar-refractivity contribution in [2.45, 2.75) is 5.92 Å². The van der Waals surface area contributed by atoms with Crippen molar-refractivity contribution in [2.75, 3.05) is 18.4 Å². The van der Waals surface area contributed by atoms with E-state index in [1.165, 1.54) is 0 Å². The third-order valence-corrected chi connectivity index (χ3v) is 4.71. The molecule has 0 bridgehead atoms. The summed E-state index contributed by atoms with van der Waals surface area (Å²) in [6.07, 6.45) is 3.80. The van der Waals surface area contributed by atoms with Crippen molar-refractivity contribution in [2.24, 2.45) is 20.0 Å². The zero-order valence-corrected chi connectivity index (χ0v) is 14.6. The minimum absolute atomic E-state index is 0.00269. The van der Waals surface area contributed by atoms with Gasteiger partial charge in [0.1, 0.15) is 0 Å². The Morgan fingerprint density at radius 3 is 2.92 bits per heavy atom. The zero-order valence-electron chi connectivity index (χ0n) is 14.6. The lowest BCUT2D eigenvalue weighted by Crippen LogP contribution is -2.28. The highest BCUT2D eigenvalue weighted by atomic mass is 16.2. The number of carbonyl (C=O) groups is 1. The Morgan fingerprint density at radius 2 is 2.19 bits per heavy atom. The van der Waals surface area contributed by atoms with Gasteiger partial charge in [-0.15, -0.1) is 5.10 Å². The molecule has 3 heterocycles. The third-order valence-electron chi connectivity index (χ3n) is 4.71. The van der Waals surface area contributed by atoms with E-state index in [1.54, 1.807) is 16.4 Å². The molecule has 1 saturated heterocycles. The Hall–Kier alpha value is -3.07. The van der Waals surface area contributed by atoms with E-state index in [4.69, 9.17) is 0 Å². The third kappa shape index (κ3) is 3.08. The topological polar surface area (TPSA) is 103 Å². The maximum Gasteiger partial charge on any atom is 0.229 e. The second kappa shape index (κ2) is 6.68.